The second-order valence-electron chi connectivity index (χ2n) is 2.81. The average Bonchev–Trinajstić information content (AvgIpc) is 2.26. The van der Waals surface area contributed by atoms with Crippen LogP contribution in [0.15, 0.2) is 18.2 Å². The number of esters is 1. The molecule has 82 valence electrons. The average molecular weight is 214 g/mol. The zero-order valence-electron chi connectivity index (χ0n) is 8.36. The summed E-state index contributed by atoms with van der Waals surface area (Å²) in [4.78, 5) is 11.0. The molecule has 1 N–H and O–H groups in total. The van der Waals surface area contributed by atoms with E-state index < -0.39 is 17.9 Å². The molecule has 1 atom stereocenters. The number of halogens is 1. The highest BCUT2D eigenvalue weighted by Gasteiger charge is 2.21. The highest BCUT2D eigenvalue weighted by molar-refractivity contribution is 5.77. The Morgan fingerprint density at radius 3 is 2.67 bits per heavy atom. The Bertz CT molecular complexity index is 364. The summed E-state index contributed by atoms with van der Waals surface area (Å²) >= 11 is 0. The second kappa shape index (κ2) is 4.75. The van der Waals surface area contributed by atoms with Crippen molar-refractivity contribution in [1.29, 1.82) is 0 Å². The molecule has 1 aromatic rings. The Labute approximate surface area is 86.2 Å². The Morgan fingerprint density at radius 2 is 2.13 bits per heavy atom. The Morgan fingerprint density at radius 1 is 1.47 bits per heavy atom. The van der Waals surface area contributed by atoms with Gasteiger partial charge in [0.05, 0.1) is 14.2 Å². The van der Waals surface area contributed by atoms with Crippen LogP contribution in [0.25, 0.3) is 0 Å². The van der Waals surface area contributed by atoms with Gasteiger partial charge in [-0.2, -0.15) is 0 Å². The van der Waals surface area contributed by atoms with Crippen LogP contribution in [0.4, 0.5) is 4.39 Å². The first-order chi connectivity index (χ1) is 7.10. The summed E-state index contributed by atoms with van der Waals surface area (Å²) < 4.78 is 22.0. The van der Waals surface area contributed by atoms with Gasteiger partial charge in [-0.05, 0) is 12.1 Å². The third-order valence-electron chi connectivity index (χ3n) is 1.91. The van der Waals surface area contributed by atoms with E-state index in [0.717, 1.165) is 19.2 Å². The first-order valence-electron chi connectivity index (χ1n) is 4.19. The van der Waals surface area contributed by atoms with Crippen molar-refractivity contribution in [3.05, 3.63) is 29.6 Å². The number of methoxy groups -OCH3 is 2. The number of hydrogen-bond donors (Lipinski definition) is 1. The van der Waals surface area contributed by atoms with E-state index in [2.05, 4.69) is 4.74 Å². The van der Waals surface area contributed by atoms with Gasteiger partial charge >= 0.3 is 5.97 Å². The minimum atomic E-state index is -1.47. The van der Waals surface area contributed by atoms with E-state index in [1.807, 2.05) is 0 Å². The molecule has 0 radical (unpaired) electrons. The van der Waals surface area contributed by atoms with Gasteiger partial charge in [-0.25, -0.2) is 9.18 Å². The van der Waals surface area contributed by atoms with Crippen molar-refractivity contribution in [2.75, 3.05) is 14.2 Å². The molecule has 0 aliphatic carbocycles. The van der Waals surface area contributed by atoms with Gasteiger partial charge in [-0.15, -0.1) is 0 Å². The lowest BCUT2D eigenvalue weighted by atomic mass is 10.1. The van der Waals surface area contributed by atoms with Crippen molar-refractivity contribution in [3.63, 3.8) is 0 Å². The summed E-state index contributed by atoms with van der Waals surface area (Å²) in [5.74, 6) is -1.22. The normalized spacial score (nSPS) is 12.0. The zero-order chi connectivity index (χ0) is 11.4. The number of carbonyl (C=O) groups excluding carboxylic acids is 1. The van der Waals surface area contributed by atoms with Crippen molar-refractivity contribution < 1.29 is 23.8 Å². The molecule has 1 rings (SSSR count). The van der Waals surface area contributed by atoms with Crippen molar-refractivity contribution in [2.45, 2.75) is 6.10 Å². The summed E-state index contributed by atoms with van der Waals surface area (Å²) in [7, 11) is 2.48. The summed E-state index contributed by atoms with van der Waals surface area (Å²) in [6, 6.07) is 3.49. The SMILES string of the molecule is COC(=O)C(O)c1ccc(F)cc1OC. The molecule has 0 aromatic heterocycles. The smallest absolute Gasteiger partial charge is 0.339 e. The Kier molecular flexibility index (Phi) is 3.62. The summed E-state index contributed by atoms with van der Waals surface area (Å²) in [6.45, 7) is 0. The van der Waals surface area contributed by atoms with E-state index in [0.29, 0.717) is 0 Å². The van der Waals surface area contributed by atoms with Crippen molar-refractivity contribution in [3.8, 4) is 5.75 Å². The fraction of sp³-hybridized carbons (Fsp3) is 0.300. The van der Waals surface area contributed by atoms with E-state index >= 15 is 0 Å². The Balaban J connectivity index is 3.07. The molecule has 5 heteroatoms. The number of carbonyl (C=O) groups is 1. The molecule has 0 heterocycles. The summed E-state index contributed by atoms with van der Waals surface area (Å²) in [6.07, 6.45) is -1.47. The van der Waals surface area contributed by atoms with Gasteiger partial charge < -0.3 is 14.6 Å². The van der Waals surface area contributed by atoms with E-state index in [-0.39, 0.29) is 11.3 Å². The molecular formula is C10H11FO4. The molecule has 0 bridgehead atoms. The first-order valence-corrected chi connectivity index (χ1v) is 4.19. The fourth-order valence-corrected chi connectivity index (χ4v) is 1.15. The molecule has 0 fully saturated rings. The van der Waals surface area contributed by atoms with Crippen molar-refractivity contribution >= 4 is 5.97 Å². The maximum absolute atomic E-state index is 12.8. The van der Waals surface area contributed by atoms with Crippen LogP contribution in [0.3, 0.4) is 0 Å². The predicted octanol–water partition coefficient (Wildman–Crippen LogP) is 1.04. The quantitative estimate of drug-likeness (QED) is 0.764. The van der Waals surface area contributed by atoms with Crippen LogP contribution < -0.4 is 4.74 Å². The number of aliphatic hydroxyl groups excluding tert-OH is 1. The van der Waals surface area contributed by atoms with Crippen LogP contribution in [0.1, 0.15) is 11.7 Å². The summed E-state index contributed by atoms with van der Waals surface area (Å²) in [5.41, 5.74) is 0.172. The highest BCUT2D eigenvalue weighted by Crippen LogP contribution is 2.26. The van der Waals surface area contributed by atoms with Crippen molar-refractivity contribution in [1.82, 2.24) is 0 Å². The number of ether oxygens (including phenoxy) is 2. The van der Waals surface area contributed by atoms with Crippen LogP contribution in [-0.4, -0.2) is 25.3 Å². The van der Waals surface area contributed by atoms with E-state index in [1.165, 1.54) is 13.2 Å². The molecule has 1 unspecified atom stereocenters. The van der Waals surface area contributed by atoms with Gasteiger partial charge in [0.2, 0.25) is 0 Å². The number of benzene rings is 1. The molecule has 4 nitrogen and oxygen atoms in total. The molecule has 0 saturated carbocycles. The van der Waals surface area contributed by atoms with Crippen LogP contribution >= 0.6 is 0 Å². The van der Waals surface area contributed by atoms with Gasteiger partial charge in [0.15, 0.2) is 6.10 Å². The minimum absolute atomic E-state index is 0.105. The largest absolute Gasteiger partial charge is 0.496 e. The number of hydrogen-bond acceptors (Lipinski definition) is 4. The second-order valence-corrected chi connectivity index (χ2v) is 2.81. The first kappa shape index (κ1) is 11.5. The van der Waals surface area contributed by atoms with Gasteiger partial charge in [-0.3, -0.25) is 0 Å². The lowest BCUT2D eigenvalue weighted by molar-refractivity contribution is -0.150. The topological polar surface area (TPSA) is 55.8 Å². The van der Waals surface area contributed by atoms with Crippen LogP contribution in [0.5, 0.6) is 5.75 Å². The van der Waals surface area contributed by atoms with E-state index in [9.17, 15) is 14.3 Å². The molecular weight excluding hydrogens is 203 g/mol. The fourth-order valence-electron chi connectivity index (χ4n) is 1.15. The van der Waals surface area contributed by atoms with Crippen LogP contribution in [-0.2, 0) is 9.53 Å². The maximum atomic E-state index is 12.8. The van der Waals surface area contributed by atoms with Crippen LogP contribution in [0, 0.1) is 5.82 Å². The van der Waals surface area contributed by atoms with Gasteiger partial charge in [0, 0.05) is 11.6 Å². The van der Waals surface area contributed by atoms with Gasteiger partial charge in [-0.1, -0.05) is 0 Å². The molecule has 0 saturated heterocycles. The Hall–Kier alpha value is -1.62. The maximum Gasteiger partial charge on any atom is 0.339 e. The lowest BCUT2D eigenvalue weighted by Crippen LogP contribution is -2.14. The third kappa shape index (κ3) is 2.44. The predicted molar refractivity (Wildman–Crippen MR) is 49.9 cm³/mol. The molecule has 0 amide bonds. The number of aliphatic hydroxyl groups is 1. The molecule has 0 aliphatic heterocycles. The molecule has 15 heavy (non-hydrogen) atoms. The molecule has 1 aromatic carbocycles. The van der Waals surface area contributed by atoms with Gasteiger partial charge in [0.25, 0.3) is 0 Å². The highest BCUT2D eigenvalue weighted by atomic mass is 19.1. The van der Waals surface area contributed by atoms with Crippen LogP contribution in [0.2, 0.25) is 0 Å². The van der Waals surface area contributed by atoms with E-state index in [1.54, 1.807) is 0 Å². The zero-order valence-corrected chi connectivity index (χ0v) is 8.36. The molecule has 0 spiro atoms. The number of rotatable bonds is 3. The summed E-state index contributed by atoms with van der Waals surface area (Å²) in [5, 5.41) is 9.51. The molecule has 0 aliphatic rings. The monoisotopic (exact) mass is 214 g/mol. The van der Waals surface area contributed by atoms with Crippen molar-refractivity contribution in [2.24, 2.45) is 0 Å². The van der Waals surface area contributed by atoms with Gasteiger partial charge in [0.1, 0.15) is 11.6 Å². The third-order valence-corrected chi connectivity index (χ3v) is 1.91. The minimum Gasteiger partial charge on any atom is -0.496 e. The lowest BCUT2D eigenvalue weighted by Gasteiger charge is -2.12. The standard InChI is InChI=1S/C10H11FO4/c1-14-8-5-6(11)3-4-7(8)9(12)10(13)15-2/h3-5,9,12H,1-2H3. The van der Waals surface area contributed by atoms with E-state index in [4.69, 9.17) is 4.74 Å².